The summed E-state index contributed by atoms with van der Waals surface area (Å²) in [5.74, 6) is 0.154. The van der Waals surface area contributed by atoms with Gasteiger partial charge in [-0.05, 0) is 30.5 Å². The molecule has 1 N–H and O–H groups in total. The zero-order valence-electron chi connectivity index (χ0n) is 13.8. The quantitative estimate of drug-likeness (QED) is 0.862. The van der Waals surface area contributed by atoms with Gasteiger partial charge in [-0.2, -0.15) is 8.78 Å². The smallest absolute Gasteiger partial charge is 0.387 e. The highest BCUT2D eigenvalue weighted by atomic mass is 19.3. The standard InChI is InChI=1S/C16H22F2N2O4/c1-22-12-4-3-7-20(10-12)16(21)19-9-11-5-6-13(24-15(17)18)14(8-11)23-2/h5-6,8,12,15H,3-4,7,9-10H2,1-2H3,(H,19,21). The molecule has 0 spiro atoms. The number of piperidine rings is 1. The van der Waals surface area contributed by atoms with Gasteiger partial charge in [-0.25, -0.2) is 4.79 Å². The normalized spacial score (nSPS) is 17.7. The second-order valence-corrected chi connectivity index (χ2v) is 5.47. The molecule has 1 aliphatic heterocycles. The van der Waals surface area contributed by atoms with Crippen LogP contribution in [0.3, 0.4) is 0 Å². The molecule has 0 saturated carbocycles. The lowest BCUT2D eigenvalue weighted by molar-refractivity contribution is -0.0512. The molecular formula is C16H22F2N2O4. The third-order valence-corrected chi connectivity index (χ3v) is 3.89. The highest BCUT2D eigenvalue weighted by molar-refractivity contribution is 5.74. The molecule has 1 atom stereocenters. The van der Waals surface area contributed by atoms with Crippen LogP contribution in [0.15, 0.2) is 18.2 Å². The van der Waals surface area contributed by atoms with Crippen molar-refractivity contribution in [1.29, 1.82) is 0 Å². The van der Waals surface area contributed by atoms with E-state index in [-0.39, 0.29) is 30.2 Å². The van der Waals surface area contributed by atoms with E-state index >= 15 is 0 Å². The predicted octanol–water partition coefficient (Wildman–Crippen LogP) is 2.62. The Morgan fingerprint density at radius 1 is 1.38 bits per heavy atom. The van der Waals surface area contributed by atoms with Gasteiger partial charge in [0.2, 0.25) is 0 Å². The lowest BCUT2D eigenvalue weighted by Gasteiger charge is -2.31. The molecule has 1 unspecified atom stereocenters. The molecule has 0 radical (unpaired) electrons. The van der Waals surface area contributed by atoms with Crippen LogP contribution in [-0.4, -0.2) is 51.0 Å². The van der Waals surface area contributed by atoms with Crippen LogP contribution in [0.1, 0.15) is 18.4 Å². The second kappa shape index (κ2) is 8.68. The van der Waals surface area contributed by atoms with Crippen LogP contribution in [0.4, 0.5) is 13.6 Å². The number of carbonyl (C=O) groups excluding carboxylic acids is 1. The molecule has 2 rings (SSSR count). The molecule has 134 valence electrons. The van der Waals surface area contributed by atoms with Crippen LogP contribution in [0, 0.1) is 0 Å². The Hall–Kier alpha value is -2.09. The van der Waals surface area contributed by atoms with E-state index in [1.54, 1.807) is 24.1 Å². The van der Waals surface area contributed by atoms with E-state index in [0.717, 1.165) is 18.4 Å². The van der Waals surface area contributed by atoms with Gasteiger partial charge in [-0.15, -0.1) is 0 Å². The summed E-state index contributed by atoms with van der Waals surface area (Å²) in [5, 5.41) is 2.81. The van der Waals surface area contributed by atoms with Crippen molar-refractivity contribution in [2.75, 3.05) is 27.3 Å². The monoisotopic (exact) mass is 344 g/mol. The fourth-order valence-electron chi connectivity index (χ4n) is 2.62. The van der Waals surface area contributed by atoms with Gasteiger partial charge in [0.1, 0.15) is 0 Å². The molecule has 1 aromatic rings. The maximum absolute atomic E-state index is 12.3. The SMILES string of the molecule is COc1cc(CNC(=O)N2CCCC(OC)C2)ccc1OC(F)F. The Morgan fingerprint density at radius 3 is 2.83 bits per heavy atom. The number of methoxy groups -OCH3 is 2. The van der Waals surface area contributed by atoms with Crippen LogP contribution >= 0.6 is 0 Å². The van der Waals surface area contributed by atoms with Crippen molar-refractivity contribution in [3.63, 3.8) is 0 Å². The molecule has 0 aromatic heterocycles. The Labute approximate surface area is 139 Å². The first-order valence-electron chi connectivity index (χ1n) is 7.70. The van der Waals surface area contributed by atoms with Crippen LogP contribution in [-0.2, 0) is 11.3 Å². The molecule has 0 bridgehead atoms. The first-order chi connectivity index (χ1) is 11.5. The average Bonchev–Trinajstić information content (AvgIpc) is 2.60. The van der Waals surface area contributed by atoms with Crippen molar-refractivity contribution in [3.8, 4) is 11.5 Å². The number of halogens is 2. The molecule has 8 heteroatoms. The van der Waals surface area contributed by atoms with Gasteiger partial charge >= 0.3 is 12.6 Å². The summed E-state index contributed by atoms with van der Waals surface area (Å²) < 4.78 is 39.3. The Kier molecular flexibility index (Phi) is 6.60. The van der Waals surface area contributed by atoms with E-state index in [2.05, 4.69) is 10.1 Å². The van der Waals surface area contributed by atoms with Gasteiger partial charge in [0, 0.05) is 26.7 Å². The summed E-state index contributed by atoms with van der Waals surface area (Å²) in [4.78, 5) is 13.9. The minimum Gasteiger partial charge on any atom is -0.493 e. The van der Waals surface area contributed by atoms with Gasteiger partial charge in [0.25, 0.3) is 0 Å². The summed E-state index contributed by atoms with van der Waals surface area (Å²) >= 11 is 0. The van der Waals surface area contributed by atoms with Gasteiger partial charge in [0.15, 0.2) is 11.5 Å². The maximum atomic E-state index is 12.3. The molecule has 1 saturated heterocycles. The zero-order valence-corrected chi connectivity index (χ0v) is 13.8. The van der Waals surface area contributed by atoms with E-state index in [1.165, 1.54) is 13.2 Å². The topological polar surface area (TPSA) is 60.0 Å². The number of ether oxygens (including phenoxy) is 3. The lowest BCUT2D eigenvalue weighted by atomic mass is 10.1. The number of hydrogen-bond donors (Lipinski definition) is 1. The fraction of sp³-hybridized carbons (Fsp3) is 0.562. The van der Waals surface area contributed by atoms with Gasteiger partial charge in [-0.1, -0.05) is 6.07 Å². The number of nitrogens with zero attached hydrogens (tertiary/aromatic N) is 1. The maximum Gasteiger partial charge on any atom is 0.387 e. The molecule has 6 nitrogen and oxygen atoms in total. The number of benzene rings is 1. The van der Waals surface area contributed by atoms with E-state index in [1.807, 2.05) is 0 Å². The summed E-state index contributed by atoms with van der Waals surface area (Å²) in [5.41, 5.74) is 0.724. The number of amides is 2. The molecule has 0 aliphatic carbocycles. The fourth-order valence-corrected chi connectivity index (χ4v) is 2.62. The second-order valence-electron chi connectivity index (χ2n) is 5.47. The number of carbonyl (C=O) groups is 1. The van der Waals surface area contributed by atoms with E-state index in [9.17, 15) is 13.6 Å². The minimum atomic E-state index is -2.92. The largest absolute Gasteiger partial charge is 0.493 e. The van der Waals surface area contributed by atoms with Crippen molar-refractivity contribution >= 4 is 6.03 Å². The van der Waals surface area contributed by atoms with Crippen molar-refractivity contribution in [1.82, 2.24) is 10.2 Å². The average molecular weight is 344 g/mol. The summed E-state index contributed by atoms with van der Waals surface area (Å²) in [6, 6.07) is 4.39. The number of nitrogens with one attached hydrogen (secondary N) is 1. The number of urea groups is 1. The number of hydrogen-bond acceptors (Lipinski definition) is 4. The number of likely N-dealkylation sites (tertiary alicyclic amines) is 1. The Balaban J connectivity index is 1.92. The highest BCUT2D eigenvalue weighted by Crippen LogP contribution is 2.29. The van der Waals surface area contributed by atoms with Crippen molar-refractivity contribution in [2.24, 2.45) is 0 Å². The molecule has 1 fully saturated rings. The predicted molar refractivity (Wildman–Crippen MR) is 83.5 cm³/mol. The third-order valence-electron chi connectivity index (χ3n) is 3.89. The summed E-state index contributed by atoms with van der Waals surface area (Å²) in [6.45, 7) is -1.40. The van der Waals surface area contributed by atoms with Crippen molar-refractivity contribution in [3.05, 3.63) is 23.8 Å². The van der Waals surface area contributed by atoms with Crippen LogP contribution in [0.5, 0.6) is 11.5 Å². The Bertz CT molecular complexity index is 557. The van der Waals surface area contributed by atoms with Crippen molar-refractivity contribution < 1.29 is 27.8 Å². The zero-order chi connectivity index (χ0) is 17.5. The van der Waals surface area contributed by atoms with E-state index < -0.39 is 6.61 Å². The molecule has 1 aromatic carbocycles. The Morgan fingerprint density at radius 2 is 2.17 bits per heavy atom. The number of rotatable bonds is 6. The van der Waals surface area contributed by atoms with Gasteiger partial charge in [0.05, 0.1) is 13.2 Å². The summed E-state index contributed by atoms with van der Waals surface area (Å²) in [6.07, 6.45) is 1.91. The lowest BCUT2D eigenvalue weighted by Crippen LogP contribution is -2.47. The van der Waals surface area contributed by atoms with Gasteiger partial charge in [-0.3, -0.25) is 0 Å². The van der Waals surface area contributed by atoms with E-state index in [4.69, 9.17) is 9.47 Å². The molecule has 2 amide bonds. The van der Waals surface area contributed by atoms with Crippen LogP contribution < -0.4 is 14.8 Å². The van der Waals surface area contributed by atoms with Crippen LogP contribution in [0.2, 0.25) is 0 Å². The first-order valence-corrected chi connectivity index (χ1v) is 7.70. The van der Waals surface area contributed by atoms with E-state index in [0.29, 0.717) is 13.1 Å². The highest BCUT2D eigenvalue weighted by Gasteiger charge is 2.23. The number of alkyl halides is 2. The van der Waals surface area contributed by atoms with Crippen LogP contribution in [0.25, 0.3) is 0 Å². The first kappa shape index (κ1) is 18.3. The minimum absolute atomic E-state index is 0.0402. The molecular weight excluding hydrogens is 322 g/mol. The molecule has 1 aliphatic rings. The van der Waals surface area contributed by atoms with Crippen molar-refractivity contribution in [2.45, 2.75) is 32.1 Å². The molecule has 1 heterocycles. The molecule has 24 heavy (non-hydrogen) atoms. The third kappa shape index (κ3) is 4.95. The van der Waals surface area contributed by atoms with Gasteiger partial charge < -0.3 is 24.4 Å². The summed E-state index contributed by atoms with van der Waals surface area (Å²) in [7, 11) is 3.01.